The van der Waals surface area contributed by atoms with E-state index in [0.29, 0.717) is 11.7 Å². The molecule has 0 bridgehead atoms. The molecule has 0 saturated heterocycles. The Morgan fingerprint density at radius 2 is 2.05 bits per heavy atom. The maximum absolute atomic E-state index is 11.7. The van der Waals surface area contributed by atoms with E-state index < -0.39 is 0 Å². The monoisotopic (exact) mass is 270 g/mol. The van der Waals surface area contributed by atoms with Gasteiger partial charge in [0, 0.05) is 23.7 Å². The molecule has 20 heavy (non-hydrogen) atoms. The molecule has 1 unspecified atom stereocenters. The molecule has 0 radical (unpaired) electrons. The first-order chi connectivity index (χ1) is 9.61. The summed E-state index contributed by atoms with van der Waals surface area (Å²) in [7, 11) is 0. The molecule has 3 rings (SSSR count). The first-order valence-corrected chi connectivity index (χ1v) is 6.85. The van der Waals surface area contributed by atoms with Crippen LogP contribution < -0.4 is 16.6 Å². The van der Waals surface area contributed by atoms with Crippen LogP contribution in [0.25, 0.3) is 0 Å². The summed E-state index contributed by atoms with van der Waals surface area (Å²) in [5.74, 6) is 1.85. The molecular weight excluding hydrogens is 252 g/mol. The van der Waals surface area contributed by atoms with E-state index in [2.05, 4.69) is 15.3 Å². The molecule has 1 fully saturated rings. The lowest BCUT2D eigenvalue weighted by atomic mass is 10.1. The van der Waals surface area contributed by atoms with Gasteiger partial charge in [-0.05, 0) is 37.5 Å². The Labute approximate surface area is 117 Å². The van der Waals surface area contributed by atoms with E-state index in [-0.39, 0.29) is 11.6 Å². The SMILES string of the molecule is CC(Nc1cc(=O)[nH]c(C2CC2)n1)c1ccc(N)cc1. The minimum atomic E-state index is -0.103. The Balaban J connectivity index is 1.79. The van der Waals surface area contributed by atoms with Crippen molar-refractivity contribution in [2.45, 2.75) is 31.7 Å². The van der Waals surface area contributed by atoms with Crippen LogP contribution in [0.5, 0.6) is 0 Å². The smallest absolute Gasteiger partial charge is 0.252 e. The van der Waals surface area contributed by atoms with Crippen LogP contribution >= 0.6 is 0 Å². The maximum atomic E-state index is 11.7. The molecule has 0 spiro atoms. The standard InChI is InChI=1S/C15H18N4O/c1-9(10-4-6-12(16)7-5-10)17-13-8-14(20)19-15(18-13)11-2-3-11/h4-9,11H,2-3,16H2,1H3,(H2,17,18,19,20). The highest BCUT2D eigenvalue weighted by atomic mass is 16.1. The number of H-pyrrole nitrogens is 1. The quantitative estimate of drug-likeness (QED) is 0.745. The largest absolute Gasteiger partial charge is 0.399 e. The Bertz CT molecular complexity index is 658. The molecule has 5 heteroatoms. The zero-order valence-corrected chi connectivity index (χ0v) is 11.4. The molecule has 1 aromatic heterocycles. The number of anilines is 2. The van der Waals surface area contributed by atoms with Crippen LogP contribution in [0.3, 0.4) is 0 Å². The van der Waals surface area contributed by atoms with Crippen molar-refractivity contribution >= 4 is 11.5 Å². The van der Waals surface area contributed by atoms with Crippen molar-refractivity contribution in [1.29, 1.82) is 0 Å². The molecule has 0 aliphatic heterocycles. The molecule has 4 N–H and O–H groups in total. The van der Waals surface area contributed by atoms with Crippen LogP contribution in [-0.4, -0.2) is 9.97 Å². The molecule has 1 aromatic carbocycles. The highest BCUT2D eigenvalue weighted by Gasteiger charge is 2.26. The molecule has 1 saturated carbocycles. The number of rotatable bonds is 4. The molecule has 5 nitrogen and oxygen atoms in total. The Morgan fingerprint density at radius 3 is 2.70 bits per heavy atom. The number of aromatic amines is 1. The lowest BCUT2D eigenvalue weighted by Crippen LogP contribution is -2.15. The van der Waals surface area contributed by atoms with Crippen molar-refractivity contribution in [1.82, 2.24) is 9.97 Å². The molecule has 1 atom stereocenters. The second kappa shape index (κ2) is 5.00. The van der Waals surface area contributed by atoms with E-state index in [1.54, 1.807) is 0 Å². The first-order valence-electron chi connectivity index (χ1n) is 6.85. The fraction of sp³-hybridized carbons (Fsp3) is 0.333. The second-order valence-electron chi connectivity index (χ2n) is 5.32. The van der Waals surface area contributed by atoms with Crippen LogP contribution in [0.15, 0.2) is 35.1 Å². The maximum Gasteiger partial charge on any atom is 0.252 e. The first kappa shape index (κ1) is 12.7. The third-order valence-electron chi connectivity index (χ3n) is 3.52. The average Bonchev–Trinajstić information content (AvgIpc) is 3.23. The highest BCUT2D eigenvalue weighted by Crippen LogP contribution is 2.37. The normalized spacial score (nSPS) is 15.8. The van der Waals surface area contributed by atoms with Gasteiger partial charge in [-0.3, -0.25) is 4.79 Å². The second-order valence-corrected chi connectivity index (χ2v) is 5.32. The molecule has 2 aromatic rings. The lowest BCUT2D eigenvalue weighted by Gasteiger charge is -2.15. The van der Waals surface area contributed by atoms with Crippen molar-refractivity contribution in [2.24, 2.45) is 0 Å². The van der Waals surface area contributed by atoms with Crippen LogP contribution in [0.1, 0.15) is 43.1 Å². The van der Waals surface area contributed by atoms with Crippen molar-refractivity contribution < 1.29 is 0 Å². The van der Waals surface area contributed by atoms with Gasteiger partial charge in [0.25, 0.3) is 5.56 Å². The van der Waals surface area contributed by atoms with Gasteiger partial charge in [0.15, 0.2) is 0 Å². The summed E-state index contributed by atoms with van der Waals surface area (Å²) in [6, 6.07) is 9.25. The minimum Gasteiger partial charge on any atom is -0.399 e. The summed E-state index contributed by atoms with van der Waals surface area (Å²) < 4.78 is 0. The summed E-state index contributed by atoms with van der Waals surface area (Å²) in [4.78, 5) is 18.9. The van der Waals surface area contributed by atoms with E-state index in [1.165, 1.54) is 6.07 Å². The number of aromatic nitrogens is 2. The number of nitrogen functional groups attached to an aromatic ring is 1. The van der Waals surface area contributed by atoms with Crippen LogP contribution in [-0.2, 0) is 0 Å². The van der Waals surface area contributed by atoms with E-state index in [4.69, 9.17) is 5.73 Å². The molecular formula is C15H18N4O. The highest BCUT2D eigenvalue weighted by molar-refractivity contribution is 5.43. The van der Waals surface area contributed by atoms with Crippen molar-refractivity contribution in [3.8, 4) is 0 Å². The fourth-order valence-electron chi connectivity index (χ4n) is 2.19. The Hall–Kier alpha value is -2.30. The molecule has 0 amide bonds. The number of nitrogens with one attached hydrogen (secondary N) is 2. The van der Waals surface area contributed by atoms with Crippen LogP contribution in [0.2, 0.25) is 0 Å². The van der Waals surface area contributed by atoms with Gasteiger partial charge >= 0.3 is 0 Å². The molecule has 1 aliphatic rings. The van der Waals surface area contributed by atoms with Gasteiger partial charge in [0.2, 0.25) is 0 Å². The summed E-state index contributed by atoms with van der Waals surface area (Å²) in [6.07, 6.45) is 2.22. The van der Waals surface area contributed by atoms with Gasteiger partial charge in [-0.1, -0.05) is 12.1 Å². The predicted octanol–water partition coefficient (Wildman–Crippen LogP) is 2.40. The zero-order valence-electron chi connectivity index (χ0n) is 11.4. The summed E-state index contributed by atoms with van der Waals surface area (Å²) >= 11 is 0. The van der Waals surface area contributed by atoms with Crippen LogP contribution in [0.4, 0.5) is 11.5 Å². The van der Waals surface area contributed by atoms with E-state index in [9.17, 15) is 4.79 Å². The summed E-state index contributed by atoms with van der Waals surface area (Å²) in [5.41, 5.74) is 7.43. The van der Waals surface area contributed by atoms with Gasteiger partial charge < -0.3 is 16.0 Å². The van der Waals surface area contributed by atoms with Crippen molar-refractivity contribution in [3.63, 3.8) is 0 Å². The third kappa shape index (κ3) is 2.82. The fourth-order valence-corrected chi connectivity index (χ4v) is 2.19. The van der Waals surface area contributed by atoms with E-state index in [0.717, 1.165) is 29.9 Å². The topological polar surface area (TPSA) is 83.8 Å². The molecule has 104 valence electrons. The molecule has 1 aliphatic carbocycles. The van der Waals surface area contributed by atoms with Crippen molar-refractivity contribution in [2.75, 3.05) is 11.1 Å². The number of nitrogens with zero attached hydrogens (tertiary/aromatic N) is 1. The van der Waals surface area contributed by atoms with Crippen molar-refractivity contribution in [3.05, 3.63) is 52.1 Å². The van der Waals surface area contributed by atoms with Gasteiger partial charge in [0.05, 0.1) is 0 Å². The number of nitrogens with two attached hydrogens (primary N) is 1. The van der Waals surface area contributed by atoms with Gasteiger partial charge in [-0.2, -0.15) is 0 Å². The van der Waals surface area contributed by atoms with Gasteiger partial charge in [-0.15, -0.1) is 0 Å². The zero-order chi connectivity index (χ0) is 14.1. The Morgan fingerprint density at radius 1 is 1.35 bits per heavy atom. The van der Waals surface area contributed by atoms with E-state index >= 15 is 0 Å². The number of benzene rings is 1. The van der Waals surface area contributed by atoms with Gasteiger partial charge in [-0.25, -0.2) is 4.98 Å². The predicted molar refractivity (Wildman–Crippen MR) is 79.7 cm³/mol. The van der Waals surface area contributed by atoms with E-state index in [1.807, 2.05) is 31.2 Å². The minimum absolute atomic E-state index is 0.0666. The van der Waals surface area contributed by atoms with Gasteiger partial charge in [0.1, 0.15) is 11.6 Å². The Kier molecular flexibility index (Phi) is 3.18. The average molecular weight is 270 g/mol. The molecule has 1 heterocycles. The summed E-state index contributed by atoms with van der Waals surface area (Å²) in [6.45, 7) is 2.03. The number of hydrogen-bond acceptors (Lipinski definition) is 4. The number of hydrogen-bond donors (Lipinski definition) is 3. The van der Waals surface area contributed by atoms with Crippen LogP contribution in [0, 0.1) is 0 Å². The third-order valence-corrected chi connectivity index (χ3v) is 3.52. The summed E-state index contributed by atoms with van der Waals surface area (Å²) in [5, 5.41) is 3.27. The lowest BCUT2D eigenvalue weighted by molar-refractivity contribution is 0.848.